The summed E-state index contributed by atoms with van der Waals surface area (Å²) in [6, 6.07) is 6.22. The number of anilines is 1. The zero-order valence-electron chi connectivity index (χ0n) is 14.1. The van der Waals surface area contributed by atoms with Gasteiger partial charge in [0.05, 0.1) is 12.7 Å². The van der Waals surface area contributed by atoms with Crippen molar-refractivity contribution in [2.75, 3.05) is 5.32 Å². The van der Waals surface area contributed by atoms with E-state index in [0.29, 0.717) is 17.4 Å². The normalized spacial score (nSPS) is 16.3. The van der Waals surface area contributed by atoms with Gasteiger partial charge in [0.15, 0.2) is 0 Å². The number of aromatic nitrogens is 2. The third kappa shape index (κ3) is 4.02. The van der Waals surface area contributed by atoms with Gasteiger partial charge < -0.3 is 10.6 Å². The molecule has 9 heteroatoms. The number of aryl methyl sites for hydroxylation is 1. The van der Waals surface area contributed by atoms with E-state index in [4.69, 9.17) is 11.6 Å². The molecule has 136 valence electrons. The molecule has 8 nitrogen and oxygen atoms in total. The van der Waals surface area contributed by atoms with E-state index >= 15 is 0 Å². The van der Waals surface area contributed by atoms with E-state index in [1.54, 1.807) is 16.9 Å². The summed E-state index contributed by atoms with van der Waals surface area (Å²) in [6.45, 7) is 2.26. The molecule has 3 N–H and O–H groups in total. The fourth-order valence-corrected chi connectivity index (χ4v) is 2.88. The van der Waals surface area contributed by atoms with E-state index in [2.05, 4.69) is 21.0 Å². The van der Waals surface area contributed by atoms with Gasteiger partial charge in [-0.1, -0.05) is 29.8 Å². The number of hydrogen-bond donors (Lipinski definition) is 3. The van der Waals surface area contributed by atoms with Crippen LogP contribution < -0.4 is 16.0 Å². The maximum atomic E-state index is 12.3. The Hall–Kier alpha value is -2.87. The summed E-state index contributed by atoms with van der Waals surface area (Å²) < 4.78 is 1.67. The van der Waals surface area contributed by atoms with E-state index < -0.39 is 18.0 Å². The molecule has 0 spiro atoms. The summed E-state index contributed by atoms with van der Waals surface area (Å²) in [4.78, 5) is 34.9. The number of nitrogens with zero attached hydrogens (tertiary/aromatic N) is 2. The van der Waals surface area contributed by atoms with Gasteiger partial charge >= 0.3 is 6.03 Å². The Bertz CT molecular complexity index is 864. The number of amides is 4. The minimum absolute atomic E-state index is 0.0923. The van der Waals surface area contributed by atoms with Gasteiger partial charge in [0.25, 0.3) is 5.91 Å². The van der Waals surface area contributed by atoms with Crippen LogP contribution in [0.1, 0.15) is 24.0 Å². The van der Waals surface area contributed by atoms with Crippen LogP contribution in [0.5, 0.6) is 0 Å². The van der Waals surface area contributed by atoms with Crippen LogP contribution in [0, 0.1) is 6.92 Å². The van der Waals surface area contributed by atoms with E-state index in [0.717, 1.165) is 11.1 Å². The Labute approximate surface area is 154 Å². The molecule has 1 aliphatic rings. The molecule has 4 amide bonds. The molecule has 1 aliphatic heterocycles. The van der Waals surface area contributed by atoms with Gasteiger partial charge in [0, 0.05) is 17.0 Å². The molecule has 1 aromatic carbocycles. The highest BCUT2D eigenvalue weighted by molar-refractivity contribution is 6.31. The topological polar surface area (TPSA) is 105 Å². The summed E-state index contributed by atoms with van der Waals surface area (Å²) in [5, 5.41) is 12.3. The molecule has 1 saturated heterocycles. The van der Waals surface area contributed by atoms with E-state index in [9.17, 15) is 14.4 Å². The van der Waals surface area contributed by atoms with Crippen molar-refractivity contribution in [3.63, 3.8) is 0 Å². The Morgan fingerprint density at radius 1 is 1.35 bits per heavy atom. The number of hydrogen-bond acceptors (Lipinski definition) is 4. The summed E-state index contributed by atoms with van der Waals surface area (Å²) in [5.74, 6) is -0.0967. The molecule has 0 bridgehead atoms. The van der Waals surface area contributed by atoms with Crippen LogP contribution in [0.3, 0.4) is 0 Å². The maximum Gasteiger partial charge on any atom is 0.322 e. The SMILES string of the molecule is Cc1cnn(Cc2ccccc2Cl)c1NC(=O)CC[C@@H]1NC(=O)NC1=O. The van der Waals surface area contributed by atoms with Crippen LogP contribution in [-0.4, -0.2) is 33.7 Å². The minimum atomic E-state index is -0.678. The van der Waals surface area contributed by atoms with E-state index in [1.165, 1.54) is 0 Å². The first kappa shape index (κ1) is 17.9. The fourth-order valence-electron chi connectivity index (χ4n) is 2.68. The van der Waals surface area contributed by atoms with Crippen LogP contribution in [-0.2, 0) is 16.1 Å². The molecule has 0 radical (unpaired) electrons. The van der Waals surface area contributed by atoms with Crippen molar-refractivity contribution in [1.82, 2.24) is 20.4 Å². The van der Waals surface area contributed by atoms with Crippen molar-refractivity contribution >= 4 is 35.3 Å². The number of nitrogens with one attached hydrogen (secondary N) is 3. The zero-order chi connectivity index (χ0) is 18.7. The standard InChI is InChI=1S/C17H18ClN5O3/c1-10-8-19-23(9-11-4-2-3-5-12(11)18)15(10)21-14(24)7-6-13-16(25)22-17(26)20-13/h2-5,8,13H,6-7,9H2,1H3,(H,21,24)(H2,20,22,25,26)/t13-/m0/s1. The number of urea groups is 1. The quantitative estimate of drug-likeness (QED) is 0.669. The van der Waals surface area contributed by atoms with Crippen molar-refractivity contribution in [1.29, 1.82) is 0 Å². The molecule has 0 unspecified atom stereocenters. The highest BCUT2D eigenvalue weighted by Gasteiger charge is 2.29. The van der Waals surface area contributed by atoms with Gasteiger partial charge in [-0.05, 0) is 25.0 Å². The van der Waals surface area contributed by atoms with Gasteiger partial charge in [-0.15, -0.1) is 0 Å². The molecule has 2 aromatic rings. The number of halogens is 1. The summed E-state index contributed by atoms with van der Waals surface area (Å²) in [5.41, 5.74) is 1.70. The molecule has 3 rings (SSSR count). The van der Waals surface area contributed by atoms with Crippen LogP contribution in [0.25, 0.3) is 0 Å². The van der Waals surface area contributed by atoms with Crippen molar-refractivity contribution in [3.05, 3.63) is 46.6 Å². The summed E-state index contributed by atoms with van der Waals surface area (Å²) >= 11 is 6.19. The third-order valence-corrected chi connectivity index (χ3v) is 4.45. The second-order valence-corrected chi connectivity index (χ2v) is 6.43. The van der Waals surface area contributed by atoms with Crippen molar-refractivity contribution in [2.24, 2.45) is 0 Å². The highest BCUT2D eigenvalue weighted by atomic mass is 35.5. The number of benzene rings is 1. The average Bonchev–Trinajstić information content (AvgIpc) is 3.10. The third-order valence-electron chi connectivity index (χ3n) is 4.08. The summed E-state index contributed by atoms with van der Waals surface area (Å²) in [6.07, 6.45) is 1.98. The zero-order valence-corrected chi connectivity index (χ0v) is 14.8. The lowest BCUT2D eigenvalue weighted by Gasteiger charge is -2.12. The largest absolute Gasteiger partial charge is 0.326 e. The van der Waals surface area contributed by atoms with Crippen molar-refractivity contribution in [3.8, 4) is 0 Å². The molecule has 0 aliphatic carbocycles. The summed E-state index contributed by atoms with van der Waals surface area (Å²) in [7, 11) is 0. The molecule has 2 heterocycles. The molecular formula is C17H18ClN5O3. The second kappa shape index (κ2) is 7.57. The Morgan fingerprint density at radius 2 is 2.12 bits per heavy atom. The van der Waals surface area contributed by atoms with Gasteiger partial charge in [0.2, 0.25) is 5.91 Å². The molecular weight excluding hydrogens is 358 g/mol. The molecule has 0 saturated carbocycles. The predicted molar refractivity (Wildman–Crippen MR) is 95.8 cm³/mol. The van der Waals surface area contributed by atoms with Crippen LogP contribution in [0.15, 0.2) is 30.5 Å². The molecule has 1 fully saturated rings. The maximum absolute atomic E-state index is 12.3. The van der Waals surface area contributed by atoms with Crippen LogP contribution in [0.4, 0.5) is 10.6 Å². The Kier molecular flexibility index (Phi) is 5.22. The second-order valence-electron chi connectivity index (χ2n) is 6.03. The Morgan fingerprint density at radius 3 is 2.81 bits per heavy atom. The fraction of sp³-hybridized carbons (Fsp3) is 0.294. The molecule has 26 heavy (non-hydrogen) atoms. The number of carbonyl (C=O) groups excluding carboxylic acids is 3. The monoisotopic (exact) mass is 375 g/mol. The first-order valence-corrected chi connectivity index (χ1v) is 8.49. The lowest BCUT2D eigenvalue weighted by Crippen LogP contribution is -2.30. The molecule has 1 atom stereocenters. The van der Waals surface area contributed by atoms with Crippen molar-refractivity contribution in [2.45, 2.75) is 32.4 Å². The van der Waals surface area contributed by atoms with Gasteiger partial charge in [-0.3, -0.25) is 14.9 Å². The van der Waals surface area contributed by atoms with Gasteiger partial charge in [0.1, 0.15) is 11.9 Å². The van der Waals surface area contributed by atoms with Crippen LogP contribution in [0.2, 0.25) is 5.02 Å². The van der Waals surface area contributed by atoms with E-state index in [1.807, 2.05) is 25.1 Å². The smallest absolute Gasteiger partial charge is 0.322 e. The van der Waals surface area contributed by atoms with Gasteiger partial charge in [-0.25, -0.2) is 9.48 Å². The first-order chi connectivity index (χ1) is 12.4. The lowest BCUT2D eigenvalue weighted by atomic mass is 10.1. The predicted octanol–water partition coefficient (Wildman–Crippen LogP) is 1.82. The number of imide groups is 1. The van der Waals surface area contributed by atoms with E-state index in [-0.39, 0.29) is 18.7 Å². The average molecular weight is 376 g/mol. The van der Waals surface area contributed by atoms with Crippen molar-refractivity contribution < 1.29 is 14.4 Å². The molecule has 1 aromatic heterocycles. The van der Waals surface area contributed by atoms with Crippen LogP contribution >= 0.6 is 11.6 Å². The number of rotatable bonds is 6. The highest BCUT2D eigenvalue weighted by Crippen LogP contribution is 2.20. The van der Waals surface area contributed by atoms with Gasteiger partial charge in [-0.2, -0.15) is 5.10 Å². The first-order valence-electron chi connectivity index (χ1n) is 8.11. The number of carbonyl (C=O) groups is 3. The lowest BCUT2D eigenvalue weighted by molar-refractivity contribution is -0.120. The Balaban J connectivity index is 1.63. The minimum Gasteiger partial charge on any atom is -0.326 e.